The van der Waals surface area contributed by atoms with E-state index in [-0.39, 0.29) is 29.4 Å². The lowest BCUT2D eigenvalue weighted by molar-refractivity contribution is 0.0688. The Morgan fingerprint density at radius 1 is 1.35 bits per heavy atom. The lowest BCUT2D eigenvalue weighted by atomic mass is 10.1. The molecule has 3 heterocycles. The molecule has 3 rings (SSSR count). The van der Waals surface area contributed by atoms with Crippen LogP contribution >= 0.6 is 0 Å². The van der Waals surface area contributed by atoms with Crippen LogP contribution < -0.4 is 0 Å². The Kier molecular flexibility index (Phi) is 3.52. The second kappa shape index (κ2) is 5.17. The molecule has 0 atom stereocenters. The van der Waals surface area contributed by atoms with Gasteiger partial charge in [-0.25, -0.2) is 13.2 Å². The topological polar surface area (TPSA) is 119 Å². The molecular weight excluding hydrogens is 324 g/mol. The molecule has 2 aromatic heterocycles. The highest BCUT2D eigenvalue weighted by atomic mass is 32.2. The first-order chi connectivity index (χ1) is 10.7. The van der Waals surface area contributed by atoms with Gasteiger partial charge in [-0.1, -0.05) is 5.16 Å². The number of fused-ring (bicyclic) bond motifs is 1. The van der Waals surface area contributed by atoms with Crippen LogP contribution in [-0.2, 0) is 30.0 Å². The first-order valence-electron chi connectivity index (χ1n) is 6.94. The summed E-state index contributed by atoms with van der Waals surface area (Å²) in [5, 5.41) is 16.8. The molecule has 1 N–H and O–H groups in total. The van der Waals surface area contributed by atoms with E-state index in [4.69, 9.17) is 4.52 Å². The van der Waals surface area contributed by atoms with Gasteiger partial charge in [0.1, 0.15) is 10.6 Å². The summed E-state index contributed by atoms with van der Waals surface area (Å²) >= 11 is 0. The number of hydrogen-bond acceptors (Lipinski definition) is 6. The molecule has 1 aliphatic rings. The smallest absolute Gasteiger partial charge is 0.356 e. The van der Waals surface area contributed by atoms with Crippen molar-refractivity contribution in [3.8, 4) is 0 Å². The fourth-order valence-corrected chi connectivity index (χ4v) is 4.59. The van der Waals surface area contributed by atoms with Crippen molar-refractivity contribution in [2.45, 2.75) is 31.7 Å². The van der Waals surface area contributed by atoms with Crippen LogP contribution in [0.5, 0.6) is 0 Å². The number of sulfonamides is 1. The minimum Gasteiger partial charge on any atom is -0.476 e. The lowest BCUT2D eigenvalue weighted by Gasteiger charge is -2.26. The van der Waals surface area contributed by atoms with Gasteiger partial charge < -0.3 is 9.63 Å². The second-order valence-electron chi connectivity index (χ2n) is 5.44. The number of rotatable bonds is 3. The Bertz CT molecular complexity index is 876. The third kappa shape index (κ3) is 2.34. The highest BCUT2D eigenvalue weighted by Crippen LogP contribution is 2.29. The normalized spacial score (nSPS) is 15.6. The predicted molar refractivity (Wildman–Crippen MR) is 77.4 cm³/mol. The summed E-state index contributed by atoms with van der Waals surface area (Å²) < 4.78 is 33.3. The molecular formula is C13H16N4O5S. The summed E-state index contributed by atoms with van der Waals surface area (Å²) in [5.74, 6) is -0.867. The monoisotopic (exact) mass is 340 g/mol. The summed E-state index contributed by atoms with van der Waals surface area (Å²) in [6, 6.07) is 0. The van der Waals surface area contributed by atoms with Crippen molar-refractivity contribution in [2.24, 2.45) is 7.05 Å². The first-order valence-corrected chi connectivity index (χ1v) is 8.38. The number of carbonyl (C=O) groups is 1. The highest BCUT2D eigenvalue weighted by Gasteiger charge is 2.36. The minimum absolute atomic E-state index is 0.0168. The predicted octanol–water partition coefficient (Wildman–Crippen LogP) is 0.470. The lowest BCUT2D eigenvalue weighted by Crippen LogP contribution is -2.37. The van der Waals surface area contributed by atoms with Gasteiger partial charge in [-0.2, -0.15) is 9.40 Å². The number of aromatic carboxylic acids is 1. The molecule has 0 fully saturated rings. The summed E-state index contributed by atoms with van der Waals surface area (Å²) in [6.45, 7) is 3.38. The molecule has 0 radical (unpaired) electrons. The Labute approximate surface area is 132 Å². The Morgan fingerprint density at radius 2 is 2.04 bits per heavy atom. The van der Waals surface area contributed by atoms with Crippen LogP contribution in [0, 0.1) is 13.8 Å². The number of aryl methyl sites for hydroxylation is 3. The highest BCUT2D eigenvalue weighted by molar-refractivity contribution is 7.89. The largest absolute Gasteiger partial charge is 0.476 e. The summed E-state index contributed by atoms with van der Waals surface area (Å²) in [6.07, 6.45) is 0.299. The molecule has 0 saturated carbocycles. The fraction of sp³-hybridized carbons (Fsp3) is 0.462. The van der Waals surface area contributed by atoms with Crippen molar-refractivity contribution in [3.63, 3.8) is 0 Å². The SMILES string of the molecule is Cc1noc(C)c1S(=O)(=O)N1CCc2c(C(=O)O)nn(C)c2C1. The molecule has 0 saturated heterocycles. The average Bonchev–Trinajstić information content (AvgIpc) is 2.99. The van der Waals surface area contributed by atoms with Crippen LogP contribution in [0.4, 0.5) is 0 Å². The Balaban J connectivity index is 2.01. The minimum atomic E-state index is -3.76. The van der Waals surface area contributed by atoms with E-state index >= 15 is 0 Å². The summed E-state index contributed by atoms with van der Waals surface area (Å²) in [7, 11) is -2.15. The van der Waals surface area contributed by atoms with Crippen molar-refractivity contribution >= 4 is 16.0 Å². The molecule has 124 valence electrons. The van der Waals surface area contributed by atoms with Crippen molar-refractivity contribution in [1.82, 2.24) is 19.2 Å². The van der Waals surface area contributed by atoms with Crippen molar-refractivity contribution in [2.75, 3.05) is 6.54 Å². The molecule has 2 aromatic rings. The molecule has 0 spiro atoms. The van der Waals surface area contributed by atoms with E-state index in [0.29, 0.717) is 23.4 Å². The van der Waals surface area contributed by atoms with Gasteiger partial charge in [0.05, 0.1) is 12.2 Å². The quantitative estimate of drug-likeness (QED) is 0.862. The van der Waals surface area contributed by atoms with Gasteiger partial charge in [0.2, 0.25) is 10.0 Å². The zero-order valence-corrected chi connectivity index (χ0v) is 13.7. The number of carboxylic acid groups (broad SMARTS) is 1. The number of aromatic nitrogens is 3. The second-order valence-corrected chi connectivity index (χ2v) is 7.32. The van der Waals surface area contributed by atoms with Crippen LogP contribution in [0.15, 0.2) is 9.42 Å². The van der Waals surface area contributed by atoms with Crippen LogP contribution in [0.3, 0.4) is 0 Å². The van der Waals surface area contributed by atoms with Gasteiger partial charge in [-0.05, 0) is 20.3 Å². The van der Waals surface area contributed by atoms with E-state index < -0.39 is 16.0 Å². The third-order valence-electron chi connectivity index (χ3n) is 3.98. The maximum absolute atomic E-state index is 12.8. The summed E-state index contributed by atoms with van der Waals surface area (Å²) in [5.41, 5.74) is 1.47. The maximum atomic E-state index is 12.8. The van der Waals surface area contributed by atoms with Crippen molar-refractivity contribution in [3.05, 3.63) is 28.4 Å². The zero-order valence-electron chi connectivity index (χ0n) is 12.9. The molecule has 0 aliphatic carbocycles. The molecule has 0 unspecified atom stereocenters. The molecule has 23 heavy (non-hydrogen) atoms. The van der Waals surface area contributed by atoms with Crippen molar-refractivity contribution in [1.29, 1.82) is 0 Å². The van der Waals surface area contributed by atoms with E-state index in [9.17, 15) is 18.3 Å². The maximum Gasteiger partial charge on any atom is 0.356 e. The van der Waals surface area contributed by atoms with E-state index in [2.05, 4.69) is 10.3 Å². The van der Waals surface area contributed by atoms with Crippen LogP contribution in [0.25, 0.3) is 0 Å². The van der Waals surface area contributed by atoms with Crippen LogP contribution in [0.1, 0.15) is 33.2 Å². The van der Waals surface area contributed by atoms with E-state index in [0.717, 1.165) is 0 Å². The van der Waals surface area contributed by atoms with E-state index in [1.54, 1.807) is 20.9 Å². The number of carboxylic acids is 1. The van der Waals surface area contributed by atoms with Gasteiger partial charge in [-0.3, -0.25) is 4.68 Å². The van der Waals surface area contributed by atoms with E-state index in [1.165, 1.54) is 8.99 Å². The zero-order chi connectivity index (χ0) is 16.9. The molecule has 0 bridgehead atoms. The molecule has 1 aliphatic heterocycles. The summed E-state index contributed by atoms with van der Waals surface area (Å²) in [4.78, 5) is 11.3. The third-order valence-corrected chi connectivity index (χ3v) is 6.07. The van der Waals surface area contributed by atoms with Gasteiger partial charge in [0, 0.05) is 19.2 Å². The number of nitrogens with zero attached hydrogens (tertiary/aromatic N) is 4. The van der Waals surface area contributed by atoms with Gasteiger partial charge in [0.15, 0.2) is 11.5 Å². The standard InChI is InChI=1S/C13H16N4O5S/c1-7-12(8(2)22-15-7)23(20,21)17-5-4-9-10(6-17)16(3)14-11(9)13(18)19/h4-6H2,1-3H3,(H,18,19). The molecule has 9 nitrogen and oxygen atoms in total. The Morgan fingerprint density at radius 3 is 2.61 bits per heavy atom. The van der Waals surface area contributed by atoms with Crippen molar-refractivity contribution < 1.29 is 22.8 Å². The Hall–Kier alpha value is -2.20. The number of hydrogen-bond donors (Lipinski definition) is 1. The first kappa shape index (κ1) is 15.7. The van der Waals surface area contributed by atoms with Gasteiger partial charge in [-0.15, -0.1) is 0 Å². The fourth-order valence-electron chi connectivity index (χ4n) is 2.89. The average molecular weight is 340 g/mol. The molecule has 10 heteroatoms. The van der Waals surface area contributed by atoms with E-state index in [1.807, 2.05) is 0 Å². The van der Waals surface area contributed by atoms with Gasteiger partial charge in [0.25, 0.3) is 0 Å². The molecule has 0 amide bonds. The van der Waals surface area contributed by atoms with Crippen LogP contribution in [-0.4, -0.2) is 45.3 Å². The van der Waals surface area contributed by atoms with Gasteiger partial charge >= 0.3 is 5.97 Å². The van der Waals surface area contributed by atoms with Crippen LogP contribution in [0.2, 0.25) is 0 Å². The molecule has 0 aromatic carbocycles.